The lowest BCUT2D eigenvalue weighted by atomic mass is 10.3. The maximum atomic E-state index is 12.1. The standard InChI is InChI=1S/C8H10F2N2O2S/c1-2-3-4-11-5(7(13)14)6(12-4)15-8(9)10/h8H,2-3H2,1H3,(H,11,12)(H,13,14). The minimum Gasteiger partial charge on any atom is -0.476 e. The highest BCUT2D eigenvalue weighted by Gasteiger charge is 2.19. The van der Waals surface area contributed by atoms with Crippen LogP contribution in [-0.2, 0) is 6.42 Å². The van der Waals surface area contributed by atoms with Gasteiger partial charge in [-0.3, -0.25) is 0 Å². The van der Waals surface area contributed by atoms with Gasteiger partial charge in [-0.25, -0.2) is 9.78 Å². The minimum atomic E-state index is -2.67. The molecule has 0 saturated heterocycles. The Morgan fingerprint density at radius 3 is 2.80 bits per heavy atom. The summed E-state index contributed by atoms with van der Waals surface area (Å²) in [6.45, 7) is 1.89. The Hall–Kier alpha value is -1.11. The van der Waals surface area contributed by atoms with Gasteiger partial charge in [-0.2, -0.15) is 8.78 Å². The molecule has 0 atom stereocenters. The normalized spacial score (nSPS) is 10.9. The zero-order valence-corrected chi connectivity index (χ0v) is 8.77. The number of nitrogens with one attached hydrogen (secondary N) is 1. The summed E-state index contributed by atoms with van der Waals surface area (Å²) in [6, 6.07) is 0. The van der Waals surface area contributed by atoms with Crippen molar-refractivity contribution >= 4 is 17.7 Å². The number of halogens is 2. The number of imidazole rings is 1. The maximum absolute atomic E-state index is 12.1. The van der Waals surface area contributed by atoms with Crippen LogP contribution >= 0.6 is 11.8 Å². The number of aromatic amines is 1. The average Bonchev–Trinajstić information content (AvgIpc) is 2.47. The summed E-state index contributed by atoms with van der Waals surface area (Å²) in [6.07, 6.45) is 1.31. The van der Waals surface area contributed by atoms with Crippen LogP contribution in [-0.4, -0.2) is 26.8 Å². The number of hydrogen-bond donors (Lipinski definition) is 2. The number of H-pyrrole nitrogens is 1. The lowest BCUT2D eigenvalue weighted by Crippen LogP contribution is -1.99. The number of carboxylic acid groups (broad SMARTS) is 1. The van der Waals surface area contributed by atoms with Crippen LogP contribution in [0.4, 0.5) is 8.78 Å². The first-order chi connectivity index (χ1) is 7.04. The van der Waals surface area contributed by atoms with E-state index in [4.69, 9.17) is 5.11 Å². The van der Waals surface area contributed by atoms with E-state index < -0.39 is 11.7 Å². The number of aryl methyl sites for hydroxylation is 1. The van der Waals surface area contributed by atoms with E-state index in [-0.39, 0.29) is 22.5 Å². The molecule has 2 N–H and O–H groups in total. The summed E-state index contributed by atoms with van der Waals surface area (Å²) >= 11 is 0.144. The van der Waals surface area contributed by atoms with E-state index in [1.807, 2.05) is 6.92 Å². The van der Waals surface area contributed by atoms with Crippen LogP contribution in [0.3, 0.4) is 0 Å². The molecule has 84 valence electrons. The van der Waals surface area contributed by atoms with E-state index in [0.717, 1.165) is 6.42 Å². The first-order valence-electron chi connectivity index (χ1n) is 4.31. The first kappa shape index (κ1) is 12.0. The van der Waals surface area contributed by atoms with Gasteiger partial charge < -0.3 is 10.1 Å². The van der Waals surface area contributed by atoms with Crippen LogP contribution < -0.4 is 0 Å². The van der Waals surface area contributed by atoms with E-state index in [1.54, 1.807) is 0 Å². The Bertz CT molecular complexity index is 354. The second-order valence-corrected chi connectivity index (χ2v) is 3.78. The van der Waals surface area contributed by atoms with Crippen LogP contribution in [0.1, 0.15) is 29.7 Å². The molecule has 0 amide bonds. The van der Waals surface area contributed by atoms with Gasteiger partial charge in [0, 0.05) is 6.42 Å². The molecule has 0 spiro atoms. The second kappa shape index (κ2) is 5.11. The van der Waals surface area contributed by atoms with Crippen LogP contribution in [0.15, 0.2) is 5.03 Å². The summed E-state index contributed by atoms with van der Waals surface area (Å²) in [5.41, 5.74) is -0.260. The zero-order valence-electron chi connectivity index (χ0n) is 7.96. The predicted octanol–water partition coefficient (Wildman–Crippen LogP) is 2.38. The van der Waals surface area contributed by atoms with Gasteiger partial charge in [-0.05, 0) is 18.2 Å². The summed E-state index contributed by atoms with van der Waals surface area (Å²) in [5.74, 6) is -3.51. The van der Waals surface area contributed by atoms with Crippen molar-refractivity contribution < 1.29 is 18.7 Å². The Labute approximate surface area is 89.1 Å². The summed E-state index contributed by atoms with van der Waals surface area (Å²) in [4.78, 5) is 17.0. The van der Waals surface area contributed by atoms with Gasteiger partial charge >= 0.3 is 5.97 Å². The number of carboxylic acids is 1. The Kier molecular flexibility index (Phi) is 4.07. The minimum absolute atomic E-state index is 0.144. The number of thioether (sulfide) groups is 1. The zero-order chi connectivity index (χ0) is 11.4. The van der Waals surface area contributed by atoms with Gasteiger partial charge in [0.05, 0.1) is 0 Å². The molecule has 0 aliphatic rings. The van der Waals surface area contributed by atoms with Gasteiger partial charge in [0.25, 0.3) is 5.76 Å². The Morgan fingerprint density at radius 2 is 2.33 bits per heavy atom. The monoisotopic (exact) mass is 236 g/mol. The number of aromatic carboxylic acids is 1. The quantitative estimate of drug-likeness (QED) is 0.770. The first-order valence-corrected chi connectivity index (χ1v) is 5.19. The highest BCUT2D eigenvalue weighted by Crippen LogP contribution is 2.26. The van der Waals surface area contributed by atoms with Crippen molar-refractivity contribution in [3.8, 4) is 0 Å². The van der Waals surface area contributed by atoms with Crippen molar-refractivity contribution in [1.29, 1.82) is 0 Å². The van der Waals surface area contributed by atoms with E-state index in [1.165, 1.54) is 0 Å². The molecule has 1 rings (SSSR count). The summed E-state index contributed by atoms with van der Waals surface area (Å²) in [5, 5.41) is 8.58. The SMILES string of the molecule is CCCc1nc(SC(F)F)c(C(=O)O)[nH]1. The predicted molar refractivity (Wildman–Crippen MR) is 51.4 cm³/mol. The lowest BCUT2D eigenvalue weighted by molar-refractivity contribution is 0.0687. The van der Waals surface area contributed by atoms with Gasteiger partial charge in [0.1, 0.15) is 10.9 Å². The fourth-order valence-corrected chi connectivity index (χ4v) is 1.66. The van der Waals surface area contributed by atoms with Crippen LogP contribution in [0.2, 0.25) is 0 Å². The van der Waals surface area contributed by atoms with Crippen LogP contribution in [0.25, 0.3) is 0 Å². The molecule has 0 radical (unpaired) electrons. The Morgan fingerprint density at radius 1 is 1.67 bits per heavy atom. The van der Waals surface area contributed by atoms with Crippen molar-refractivity contribution in [2.75, 3.05) is 0 Å². The number of hydrogen-bond acceptors (Lipinski definition) is 3. The number of alkyl halides is 2. The summed E-state index contributed by atoms with van der Waals surface area (Å²) in [7, 11) is 0. The molecule has 1 aromatic rings. The van der Waals surface area contributed by atoms with E-state index in [2.05, 4.69) is 9.97 Å². The van der Waals surface area contributed by atoms with Crippen molar-refractivity contribution in [3.63, 3.8) is 0 Å². The van der Waals surface area contributed by atoms with E-state index >= 15 is 0 Å². The molecule has 4 nitrogen and oxygen atoms in total. The lowest BCUT2D eigenvalue weighted by Gasteiger charge is -1.95. The number of rotatable bonds is 5. The van der Waals surface area contributed by atoms with Crippen molar-refractivity contribution in [2.24, 2.45) is 0 Å². The largest absolute Gasteiger partial charge is 0.476 e. The molecule has 0 aliphatic carbocycles. The Balaban J connectivity index is 2.95. The number of carbonyl (C=O) groups is 1. The van der Waals surface area contributed by atoms with Crippen LogP contribution in [0.5, 0.6) is 0 Å². The topological polar surface area (TPSA) is 66.0 Å². The van der Waals surface area contributed by atoms with E-state index in [9.17, 15) is 13.6 Å². The molecule has 0 unspecified atom stereocenters. The fraction of sp³-hybridized carbons (Fsp3) is 0.500. The number of aromatic nitrogens is 2. The van der Waals surface area contributed by atoms with Gasteiger partial charge in [-0.15, -0.1) is 0 Å². The molecule has 1 heterocycles. The highest BCUT2D eigenvalue weighted by molar-refractivity contribution is 7.99. The molecule has 15 heavy (non-hydrogen) atoms. The summed E-state index contributed by atoms with van der Waals surface area (Å²) < 4.78 is 24.2. The third-order valence-electron chi connectivity index (χ3n) is 1.62. The fourth-order valence-electron chi connectivity index (χ4n) is 1.07. The maximum Gasteiger partial charge on any atom is 0.355 e. The molecule has 1 aromatic heterocycles. The average molecular weight is 236 g/mol. The van der Waals surface area contributed by atoms with Crippen molar-refractivity contribution in [3.05, 3.63) is 11.5 Å². The van der Waals surface area contributed by atoms with Crippen molar-refractivity contribution in [1.82, 2.24) is 9.97 Å². The molecule has 0 saturated carbocycles. The third kappa shape index (κ3) is 3.19. The van der Waals surface area contributed by atoms with E-state index in [0.29, 0.717) is 12.2 Å². The molecule has 7 heteroatoms. The van der Waals surface area contributed by atoms with Crippen LogP contribution in [0, 0.1) is 0 Å². The second-order valence-electron chi connectivity index (χ2n) is 2.80. The molecule has 0 aliphatic heterocycles. The molecular weight excluding hydrogens is 226 g/mol. The number of nitrogens with zero attached hydrogens (tertiary/aromatic N) is 1. The smallest absolute Gasteiger partial charge is 0.355 e. The molecule has 0 bridgehead atoms. The van der Waals surface area contributed by atoms with Gasteiger partial charge in [0.2, 0.25) is 0 Å². The van der Waals surface area contributed by atoms with Gasteiger partial charge in [-0.1, -0.05) is 6.92 Å². The van der Waals surface area contributed by atoms with Crippen molar-refractivity contribution in [2.45, 2.75) is 30.5 Å². The molecular formula is C8H10F2N2O2S. The molecule has 0 fully saturated rings. The highest BCUT2D eigenvalue weighted by atomic mass is 32.2. The van der Waals surface area contributed by atoms with Gasteiger partial charge in [0.15, 0.2) is 5.69 Å². The third-order valence-corrected chi connectivity index (χ3v) is 2.32. The molecule has 0 aromatic carbocycles.